The molecule has 0 aliphatic carbocycles. The standard InChI is InChI=1S/C22H17FN2O3S/c1-27-18-6-7-20-16(12-18)11-15(8-9-28-20)21(26)25-22-24-13-19(29-22)10-14-2-4-17(23)5-3-14/h2-9,11-13H,10H2,1H3,(H,24,25,26). The molecule has 7 heteroatoms. The van der Waals surface area contributed by atoms with Crippen molar-refractivity contribution in [3.63, 3.8) is 0 Å². The lowest BCUT2D eigenvalue weighted by molar-refractivity contribution is -0.112. The Hall–Kier alpha value is -3.45. The van der Waals surface area contributed by atoms with Crippen molar-refractivity contribution in [2.24, 2.45) is 0 Å². The summed E-state index contributed by atoms with van der Waals surface area (Å²) in [5, 5.41) is 3.31. The van der Waals surface area contributed by atoms with E-state index >= 15 is 0 Å². The number of benzene rings is 2. The fourth-order valence-corrected chi connectivity index (χ4v) is 3.67. The van der Waals surface area contributed by atoms with E-state index in [2.05, 4.69) is 10.3 Å². The molecule has 0 unspecified atom stereocenters. The van der Waals surface area contributed by atoms with E-state index in [-0.39, 0.29) is 11.7 Å². The molecule has 0 saturated carbocycles. The topological polar surface area (TPSA) is 60.5 Å². The summed E-state index contributed by atoms with van der Waals surface area (Å²) in [6.45, 7) is 0. The summed E-state index contributed by atoms with van der Waals surface area (Å²) in [6.07, 6.45) is 7.16. The first-order chi connectivity index (χ1) is 14.1. The smallest absolute Gasteiger partial charge is 0.257 e. The third kappa shape index (κ3) is 4.52. The molecule has 0 atom stereocenters. The minimum absolute atomic E-state index is 0.265. The van der Waals surface area contributed by atoms with Gasteiger partial charge in [-0.15, -0.1) is 11.3 Å². The van der Waals surface area contributed by atoms with Crippen molar-refractivity contribution >= 4 is 28.5 Å². The summed E-state index contributed by atoms with van der Waals surface area (Å²) in [5.41, 5.74) is 2.16. The minimum atomic E-state index is -0.289. The molecule has 146 valence electrons. The largest absolute Gasteiger partial charge is 0.497 e. The number of fused-ring (bicyclic) bond motifs is 1. The molecule has 0 radical (unpaired) electrons. The van der Waals surface area contributed by atoms with Gasteiger partial charge in [0.2, 0.25) is 0 Å². The van der Waals surface area contributed by atoms with Gasteiger partial charge in [-0.2, -0.15) is 0 Å². The Morgan fingerprint density at radius 3 is 2.86 bits per heavy atom. The molecular formula is C22H17FN2O3S. The number of amides is 1. The van der Waals surface area contributed by atoms with Crippen LogP contribution in [-0.4, -0.2) is 18.0 Å². The molecule has 3 aromatic rings. The molecule has 4 rings (SSSR count). The van der Waals surface area contributed by atoms with Crippen LogP contribution >= 0.6 is 11.3 Å². The quantitative estimate of drug-likeness (QED) is 0.658. The maximum absolute atomic E-state index is 13.0. The predicted molar refractivity (Wildman–Crippen MR) is 111 cm³/mol. The second-order valence-corrected chi connectivity index (χ2v) is 7.43. The summed E-state index contributed by atoms with van der Waals surface area (Å²) in [5.74, 6) is 0.762. The molecule has 1 N–H and O–H groups in total. The predicted octanol–water partition coefficient (Wildman–Crippen LogP) is 4.81. The Morgan fingerprint density at radius 2 is 2.07 bits per heavy atom. The number of ether oxygens (including phenoxy) is 2. The van der Waals surface area contributed by atoms with E-state index in [1.165, 1.54) is 29.7 Å². The highest BCUT2D eigenvalue weighted by molar-refractivity contribution is 7.15. The van der Waals surface area contributed by atoms with Crippen molar-refractivity contribution in [1.82, 2.24) is 4.98 Å². The van der Waals surface area contributed by atoms with Gasteiger partial charge >= 0.3 is 0 Å². The number of aromatic nitrogens is 1. The number of hydrogen-bond donors (Lipinski definition) is 1. The molecule has 1 aliphatic heterocycles. The maximum atomic E-state index is 13.0. The minimum Gasteiger partial charge on any atom is -0.497 e. The van der Waals surface area contributed by atoms with Crippen LogP contribution in [0, 0.1) is 5.82 Å². The van der Waals surface area contributed by atoms with Gasteiger partial charge in [0.25, 0.3) is 5.91 Å². The van der Waals surface area contributed by atoms with Crippen LogP contribution in [0.3, 0.4) is 0 Å². The van der Waals surface area contributed by atoms with E-state index in [9.17, 15) is 9.18 Å². The SMILES string of the molecule is COc1ccc2c(c1)C=C(C(=O)Nc1ncc(Cc3ccc(F)cc3)s1)C=CO2. The van der Waals surface area contributed by atoms with Crippen LogP contribution in [0.25, 0.3) is 6.08 Å². The first kappa shape index (κ1) is 18.9. The molecule has 0 bridgehead atoms. The van der Waals surface area contributed by atoms with E-state index in [0.29, 0.717) is 28.6 Å². The molecule has 5 nitrogen and oxygen atoms in total. The molecule has 1 amide bonds. The van der Waals surface area contributed by atoms with Crippen LogP contribution in [0.1, 0.15) is 16.0 Å². The van der Waals surface area contributed by atoms with Crippen molar-refractivity contribution in [2.75, 3.05) is 12.4 Å². The Bertz CT molecular complexity index is 1100. The summed E-state index contributed by atoms with van der Waals surface area (Å²) < 4.78 is 23.8. The van der Waals surface area contributed by atoms with Crippen LogP contribution in [0.5, 0.6) is 11.5 Å². The number of carbonyl (C=O) groups is 1. The zero-order valence-corrected chi connectivity index (χ0v) is 16.3. The van der Waals surface area contributed by atoms with Gasteiger partial charge in [0.15, 0.2) is 5.13 Å². The van der Waals surface area contributed by atoms with Crippen molar-refractivity contribution in [3.8, 4) is 11.5 Å². The van der Waals surface area contributed by atoms with Crippen LogP contribution in [0.4, 0.5) is 9.52 Å². The average Bonchev–Trinajstić information content (AvgIpc) is 3.04. The van der Waals surface area contributed by atoms with Crippen molar-refractivity contribution < 1.29 is 18.7 Å². The first-order valence-electron chi connectivity index (χ1n) is 8.84. The zero-order valence-electron chi connectivity index (χ0n) is 15.5. The van der Waals surface area contributed by atoms with Gasteiger partial charge in [-0.1, -0.05) is 12.1 Å². The molecule has 0 spiro atoms. The number of anilines is 1. The molecule has 0 saturated heterocycles. The van der Waals surface area contributed by atoms with Gasteiger partial charge in [0.1, 0.15) is 17.3 Å². The lowest BCUT2D eigenvalue weighted by atomic mass is 10.1. The second kappa shape index (κ2) is 8.28. The molecule has 2 heterocycles. The molecule has 29 heavy (non-hydrogen) atoms. The monoisotopic (exact) mass is 408 g/mol. The molecule has 1 aromatic heterocycles. The number of methoxy groups -OCH3 is 1. The van der Waals surface area contributed by atoms with Crippen molar-refractivity contribution in [3.05, 3.63) is 88.4 Å². The molecule has 1 aliphatic rings. The average molecular weight is 408 g/mol. The van der Waals surface area contributed by atoms with Crippen LogP contribution < -0.4 is 14.8 Å². The van der Waals surface area contributed by atoms with Gasteiger partial charge in [-0.3, -0.25) is 10.1 Å². The maximum Gasteiger partial charge on any atom is 0.257 e. The van der Waals surface area contributed by atoms with Gasteiger partial charge in [0, 0.05) is 28.6 Å². The van der Waals surface area contributed by atoms with Crippen LogP contribution in [0.2, 0.25) is 0 Å². The highest BCUT2D eigenvalue weighted by Gasteiger charge is 2.14. The third-order valence-electron chi connectivity index (χ3n) is 4.30. The Balaban J connectivity index is 1.48. The number of nitrogens with zero attached hydrogens (tertiary/aromatic N) is 1. The van der Waals surface area contributed by atoms with E-state index in [1.807, 2.05) is 0 Å². The number of thiazole rings is 1. The highest BCUT2D eigenvalue weighted by Crippen LogP contribution is 2.29. The first-order valence-corrected chi connectivity index (χ1v) is 9.66. The van der Waals surface area contributed by atoms with Gasteiger partial charge in [0.05, 0.1) is 13.4 Å². The fraction of sp³-hybridized carbons (Fsp3) is 0.0909. The number of nitrogens with one attached hydrogen (secondary N) is 1. The lowest BCUT2D eigenvalue weighted by Gasteiger charge is -2.06. The second-order valence-electron chi connectivity index (χ2n) is 6.31. The zero-order chi connectivity index (χ0) is 20.2. The summed E-state index contributed by atoms with van der Waals surface area (Å²) >= 11 is 1.38. The lowest BCUT2D eigenvalue weighted by Crippen LogP contribution is -2.12. The van der Waals surface area contributed by atoms with Crippen LogP contribution in [-0.2, 0) is 11.2 Å². The van der Waals surface area contributed by atoms with E-state index in [4.69, 9.17) is 9.47 Å². The van der Waals surface area contributed by atoms with Gasteiger partial charge in [-0.25, -0.2) is 9.37 Å². The van der Waals surface area contributed by atoms with E-state index < -0.39 is 0 Å². The number of halogens is 1. The molecule has 0 fully saturated rings. The van der Waals surface area contributed by atoms with Gasteiger partial charge in [-0.05, 0) is 48.0 Å². The Labute approximate surface area is 171 Å². The van der Waals surface area contributed by atoms with Crippen LogP contribution in [0.15, 0.2) is 66.6 Å². The van der Waals surface area contributed by atoms with Crippen molar-refractivity contribution in [2.45, 2.75) is 6.42 Å². The van der Waals surface area contributed by atoms with Gasteiger partial charge < -0.3 is 9.47 Å². The fourth-order valence-electron chi connectivity index (χ4n) is 2.83. The Kier molecular flexibility index (Phi) is 5.39. The van der Waals surface area contributed by atoms with E-state index in [0.717, 1.165) is 16.0 Å². The van der Waals surface area contributed by atoms with Crippen molar-refractivity contribution in [1.29, 1.82) is 0 Å². The number of hydrogen-bond acceptors (Lipinski definition) is 5. The highest BCUT2D eigenvalue weighted by atomic mass is 32.1. The molecular weight excluding hydrogens is 391 g/mol. The summed E-state index contributed by atoms with van der Waals surface area (Å²) in [6, 6.07) is 11.7. The third-order valence-corrected chi connectivity index (χ3v) is 5.21. The molecule has 2 aromatic carbocycles. The normalized spacial score (nSPS) is 12.4. The summed E-state index contributed by atoms with van der Waals surface area (Å²) in [4.78, 5) is 17.9. The number of carbonyl (C=O) groups excluding carboxylic acids is 1. The number of rotatable bonds is 5. The Morgan fingerprint density at radius 1 is 1.24 bits per heavy atom. The summed E-state index contributed by atoms with van der Waals surface area (Å²) in [7, 11) is 1.58. The van der Waals surface area contributed by atoms with E-state index in [1.54, 1.807) is 55.8 Å².